The summed E-state index contributed by atoms with van der Waals surface area (Å²) in [6.07, 6.45) is 8.41. The van der Waals surface area contributed by atoms with Gasteiger partial charge in [-0.2, -0.15) is 0 Å². The third-order valence-electron chi connectivity index (χ3n) is 8.50. The standard InChI is InChI=1S/2C20H29O3P/c1-18(2)12-6-5-11-17-24(21,22-19-13-7-3-8-14-19)23-20-15-9-4-10-16-20;1-17(2)11-9-10-16-20(24(21,22)23,18-12-5-3-6-13-18)19-14-7-4-8-15-19/h3-4,7-10,13-16,18,21,24H,5-6,11-12,17H2,1-2H3;3-8,12-15,17,21-24H,9-11,16H2,1-2H3. The Morgan fingerprint density at radius 2 is 0.875 bits per heavy atom. The maximum absolute atomic E-state index is 11.0. The molecule has 0 saturated heterocycles. The fourth-order valence-corrected chi connectivity index (χ4v) is 9.52. The average Bonchev–Trinajstić information content (AvgIpc) is 3.06. The Labute approximate surface area is 290 Å². The molecule has 0 radical (unpaired) electrons. The monoisotopic (exact) mass is 696 g/mol. The van der Waals surface area contributed by atoms with Gasteiger partial charge >= 0.3 is 291 Å². The van der Waals surface area contributed by atoms with E-state index in [2.05, 4.69) is 27.7 Å². The Morgan fingerprint density at radius 1 is 0.500 bits per heavy atom. The second-order valence-corrected chi connectivity index (χ2v) is 17.9. The van der Waals surface area contributed by atoms with Crippen LogP contribution in [0.15, 0.2) is 121 Å². The molecule has 4 aromatic rings. The van der Waals surface area contributed by atoms with Gasteiger partial charge in [-0.1, -0.05) is 0 Å². The first-order valence-corrected chi connectivity index (χ1v) is 21.2. The Morgan fingerprint density at radius 3 is 1.25 bits per heavy atom. The summed E-state index contributed by atoms with van der Waals surface area (Å²) < 4.78 is 11.8. The van der Waals surface area contributed by atoms with E-state index in [1.165, 1.54) is 12.8 Å². The molecule has 48 heavy (non-hydrogen) atoms. The molecule has 4 N–H and O–H groups in total. The average molecular weight is 697 g/mol. The van der Waals surface area contributed by atoms with Crippen LogP contribution in [-0.4, -0.2) is 25.7 Å². The molecule has 0 unspecified atom stereocenters. The van der Waals surface area contributed by atoms with Crippen LogP contribution in [0.3, 0.4) is 0 Å². The van der Waals surface area contributed by atoms with Gasteiger partial charge < -0.3 is 0 Å². The molecule has 0 bridgehead atoms. The molecule has 0 heterocycles. The summed E-state index contributed by atoms with van der Waals surface area (Å²) in [5.41, 5.74) is 1.53. The van der Waals surface area contributed by atoms with E-state index in [0.717, 1.165) is 49.1 Å². The van der Waals surface area contributed by atoms with E-state index in [9.17, 15) is 19.6 Å². The number of hydrogen-bond donors (Lipinski definition) is 4. The van der Waals surface area contributed by atoms with Gasteiger partial charge in [0.2, 0.25) is 0 Å². The van der Waals surface area contributed by atoms with Gasteiger partial charge in [-0.3, -0.25) is 0 Å². The SMILES string of the molecule is CC(C)CCCCC(c1ccccc1)(c1ccccc1)[PH](O)(O)O.CC(C)CCCCC[PH](O)(Oc1ccccc1)Oc1ccccc1. The fraction of sp³-hybridized carbons (Fsp3) is 0.400. The van der Waals surface area contributed by atoms with E-state index in [-0.39, 0.29) is 0 Å². The van der Waals surface area contributed by atoms with Crippen LogP contribution in [0.1, 0.15) is 90.2 Å². The Kier molecular flexibility index (Phi) is 16.5. The molecule has 0 aliphatic carbocycles. The van der Waals surface area contributed by atoms with Gasteiger partial charge in [-0.05, 0) is 0 Å². The van der Waals surface area contributed by atoms with Crippen molar-refractivity contribution < 1.29 is 28.6 Å². The Balaban J connectivity index is 0.000000260. The van der Waals surface area contributed by atoms with Crippen molar-refractivity contribution in [1.82, 2.24) is 0 Å². The predicted molar refractivity (Wildman–Crippen MR) is 205 cm³/mol. The molecule has 0 saturated carbocycles. The van der Waals surface area contributed by atoms with Gasteiger partial charge in [-0.25, -0.2) is 0 Å². The normalized spacial score (nSPS) is 12.7. The van der Waals surface area contributed by atoms with Crippen molar-refractivity contribution in [3.8, 4) is 11.5 Å². The quantitative estimate of drug-likeness (QED) is 0.0611. The molecule has 264 valence electrons. The molecule has 0 aliphatic rings. The Bertz CT molecular complexity index is 1320. The molecule has 0 spiro atoms. The zero-order valence-electron chi connectivity index (χ0n) is 29.2. The van der Waals surface area contributed by atoms with Crippen LogP contribution in [0.2, 0.25) is 0 Å². The molecular formula is C40H58O6P2. The first-order chi connectivity index (χ1) is 22.9. The molecule has 0 amide bonds. The zero-order valence-corrected chi connectivity index (χ0v) is 31.2. The van der Waals surface area contributed by atoms with Gasteiger partial charge in [0.25, 0.3) is 0 Å². The number of benzene rings is 4. The molecule has 0 aliphatic heterocycles. The van der Waals surface area contributed by atoms with E-state index in [4.69, 9.17) is 9.05 Å². The van der Waals surface area contributed by atoms with Gasteiger partial charge in [0.05, 0.1) is 0 Å². The summed E-state index contributed by atoms with van der Waals surface area (Å²) in [5, 5.41) is -1.13. The molecule has 4 rings (SSSR count). The minimum atomic E-state index is -4.50. The predicted octanol–water partition coefficient (Wildman–Crippen LogP) is 10.5. The molecule has 0 atom stereocenters. The van der Waals surface area contributed by atoms with Crippen molar-refractivity contribution in [2.75, 3.05) is 6.16 Å². The summed E-state index contributed by atoms with van der Waals surface area (Å²) in [7, 11) is -7.80. The van der Waals surface area contributed by atoms with Crippen LogP contribution < -0.4 is 9.05 Å². The van der Waals surface area contributed by atoms with Gasteiger partial charge in [-0.15, -0.1) is 0 Å². The Hall–Kier alpha value is -2.82. The van der Waals surface area contributed by atoms with E-state index in [1.54, 1.807) is 0 Å². The number of hydrogen-bond acceptors (Lipinski definition) is 6. The van der Waals surface area contributed by atoms with E-state index in [0.29, 0.717) is 30.0 Å². The summed E-state index contributed by atoms with van der Waals surface area (Å²) in [6, 6.07) is 37.7. The molecule has 0 aromatic heterocycles. The van der Waals surface area contributed by atoms with Crippen LogP contribution in [0.25, 0.3) is 0 Å². The topological polar surface area (TPSA) is 99.4 Å². The maximum atomic E-state index is 11.0. The summed E-state index contributed by atoms with van der Waals surface area (Å²) in [6.45, 7) is 8.85. The summed E-state index contributed by atoms with van der Waals surface area (Å²) >= 11 is 0. The van der Waals surface area contributed by atoms with Gasteiger partial charge in [0.15, 0.2) is 0 Å². The second kappa shape index (κ2) is 20.0. The van der Waals surface area contributed by atoms with Crippen LogP contribution >= 0.6 is 15.9 Å². The molecular weight excluding hydrogens is 638 g/mol. The van der Waals surface area contributed by atoms with Crippen molar-refractivity contribution in [2.45, 2.75) is 84.2 Å². The minimum absolute atomic E-state index is 0.517. The molecule has 8 heteroatoms. The van der Waals surface area contributed by atoms with Crippen molar-refractivity contribution in [1.29, 1.82) is 0 Å². The fourth-order valence-electron chi connectivity index (χ4n) is 5.94. The van der Waals surface area contributed by atoms with Gasteiger partial charge in [0, 0.05) is 0 Å². The van der Waals surface area contributed by atoms with Crippen molar-refractivity contribution in [3.63, 3.8) is 0 Å². The summed E-state index contributed by atoms with van der Waals surface area (Å²) in [5.74, 6) is 2.66. The third kappa shape index (κ3) is 12.9. The molecule has 6 nitrogen and oxygen atoms in total. The van der Waals surface area contributed by atoms with Crippen molar-refractivity contribution in [3.05, 3.63) is 132 Å². The van der Waals surface area contributed by atoms with Crippen LogP contribution in [0, 0.1) is 11.8 Å². The van der Waals surface area contributed by atoms with Crippen molar-refractivity contribution in [2.24, 2.45) is 11.8 Å². The van der Waals surface area contributed by atoms with Gasteiger partial charge in [0.1, 0.15) is 0 Å². The number of unbranched alkanes of at least 4 members (excludes halogenated alkanes) is 3. The molecule has 4 aromatic carbocycles. The van der Waals surface area contributed by atoms with Crippen LogP contribution in [-0.2, 0) is 5.16 Å². The first-order valence-electron chi connectivity index (χ1n) is 17.4. The second-order valence-electron chi connectivity index (χ2n) is 13.4. The molecule has 0 fully saturated rings. The van der Waals surface area contributed by atoms with E-state index in [1.807, 2.05) is 121 Å². The third-order valence-corrected chi connectivity index (χ3v) is 12.6. The zero-order chi connectivity index (χ0) is 34.9. The number of para-hydroxylation sites is 2. The van der Waals surface area contributed by atoms with Crippen LogP contribution in [0.5, 0.6) is 11.5 Å². The van der Waals surface area contributed by atoms with Crippen LogP contribution in [0.4, 0.5) is 0 Å². The number of rotatable bonds is 18. The van der Waals surface area contributed by atoms with E-state index >= 15 is 0 Å². The summed E-state index contributed by atoms with van der Waals surface area (Å²) in [4.78, 5) is 42.5. The van der Waals surface area contributed by atoms with E-state index < -0.39 is 21.0 Å². The first kappa shape index (κ1) is 39.6. The van der Waals surface area contributed by atoms with Crippen molar-refractivity contribution >= 4 is 15.9 Å².